The van der Waals surface area contributed by atoms with E-state index in [9.17, 15) is 0 Å². The molecule has 0 aliphatic rings. The fourth-order valence-corrected chi connectivity index (χ4v) is 1.28. The Labute approximate surface area is 73.6 Å². The maximum Gasteiger partial charge on any atom is 0.0948 e. The van der Waals surface area contributed by atoms with E-state index >= 15 is 0 Å². The van der Waals surface area contributed by atoms with Crippen LogP contribution < -0.4 is 5.73 Å². The third-order valence-corrected chi connectivity index (χ3v) is 1.79. The van der Waals surface area contributed by atoms with Gasteiger partial charge in [0.15, 0.2) is 0 Å². The molecule has 0 bridgehead atoms. The van der Waals surface area contributed by atoms with Crippen molar-refractivity contribution in [1.29, 1.82) is 0 Å². The summed E-state index contributed by atoms with van der Waals surface area (Å²) in [5.74, 6) is 0.679. The van der Waals surface area contributed by atoms with Crippen molar-refractivity contribution in [3.63, 3.8) is 0 Å². The average molecular weight is 167 g/mol. The predicted molar refractivity (Wildman–Crippen MR) is 49.8 cm³/mol. The number of imidazole rings is 1. The van der Waals surface area contributed by atoms with Crippen LogP contribution in [0.1, 0.15) is 19.5 Å². The third kappa shape index (κ3) is 2.34. The summed E-state index contributed by atoms with van der Waals surface area (Å²) in [7, 11) is 0. The van der Waals surface area contributed by atoms with E-state index in [2.05, 4.69) is 23.4 Å². The molecule has 0 aliphatic carbocycles. The average Bonchev–Trinajstić information content (AvgIpc) is 2.37. The fraction of sp³-hybridized carbons (Fsp3) is 0.667. The van der Waals surface area contributed by atoms with Crippen LogP contribution in [0, 0.1) is 5.92 Å². The minimum absolute atomic E-state index is 0.679. The van der Waals surface area contributed by atoms with Crippen molar-refractivity contribution < 1.29 is 0 Å². The highest BCUT2D eigenvalue weighted by molar-refractivity contribution is 4.99. The highest BCUT2D eigenvalue weighted by Crippen LogP contribution is 2.06. The Balaban J connectivity index is 2.63. The van der Waals surface area contributed by atoms with Crippen molar-refractivity contribution in [3.05, 3.63) is 18.2 Å². The molecule has 1 heterocycles. The minimum atomic E-state index is 0.679. The Hall–Kier alpha value is -0.830. The Bertz CT molecular complexity index is 227. The molecule has 1 aromatic heterocycles. The van der Waals surface area contributed by atoms with Gasteiger partial charge in [0.2, 0.25) is 0 Å². The molecule has 0 unspecified atom stereocenters. The Morgan fingerprint density at radius 2 is 2.33 bits per heavy atom. The molecule has 0 aliphatic heterocycles. The van der Waals surface area contributed by atoms with Crippen LogP contribution in [-0.2, 0) is 13.0 Å². The Morgan fingerprint density at radius 3 is 2.92 bits per heavy atom. The SMILES string of the molecule is CC(C)Cc1cncn1CCN. The van der Waals surface area contributed by atoms with Crippen molar-refractivity contribution in [2.75, 3.05) is 6.54 Å². The van der Waals surface area contributed by atoms with Gasteiger partial charge in [0.05, 0.1) is 6.33 Å². The van der Waals surface area contributed by atoms with Gasteiger partial charge in [0.25, 0.3) is 0 Å². The summed E-state index contributed by atoms with van der Waals surface area (Å²) in [5, 5.41) is 0. The topological polar surface area (TPSA) is 43.8 Å². The highest BCUT2D eigenvalue weighted by Gasteiger charge is 2.02. The molecule has 0 amide bonds. The first-order valence-electron chi connectivity index (χ1n) is 4.43. The van der Waals surface area contributed by atoms with Gasteiger partial charge in [-0.05, 0) is 12.3 Å². The second-order valence-corrected chi connectivity index (χ2v) is 3.47. The number of aromatic nitrogens is 2. The second-order valence-electron chi connectivity index (χ2n) is 3.47. The first-order valence-corrected chi connectivity index (χ1v) is 4.43. The van der Waals surface area contributed by atoms with E-state index in [0.717, 1.165) is 13.0 Å². The van der Waals surface area contributed by atoms with Gasteiger partial charge < -0.3 is 10.3 Å². The predicted octanol–water partition coefficient (Wildman–Crippen LogP) is 1.04. The molecule has 0 radical (unpaired) electrons. The van der Waals surface area contributed by atoms with Crippen LogP contribution in [0.4, 0.5) is 0 Å². The lowest BCUT2D eigenvalue weighted by Crippen LogP contribution is -2.12. The Kier molecular flexibility index (Phi) is 3.29. The molecule has 2 N–H and O–H groups in total. The van der Waals surface area contributed by atoms with Crippen LogP contribution >= 0.6 is 0 Å². The second kappa shape index (κ2) is 4.26. The molecule has 1 aromatic rings. The number of hydrogen-bond acceptors (Lipinski definition) is 2. The van der Waals surface area contributed by atoms with Gasteiger partial charge in [-0.15, -0.1) is 0 Å². The Morgan fingerprint density at radius 1 is 1.58 bits per heavy atom. The van der Waals surface area contributed by atoms with Gasteiger partial charge in [0.1, 0.15) is 0 Å². The molecule has 0 saturated heterocycles. The molecule has 0 atom stereocenters. The van der Waals surface area contributed by atoms with Crippen LogP contribution in [-0.4, -0.2) is 16.1 Å². The van der Waals surface area contributed by atoms with Gasteiger partial charge in [-0.2, -0.15) is 0 Å². The molecule has 68 valence electrons. The molecule has 3 heteroatoms. The number of nitrogens with zero attached hydrogens (tertiary/aromatic N) is 2. The van der Waals surface area contributed by atoms with Crippen LogP contribution in [0.3, 0.4) is 0 Å². The van der Waals surface area contributed by atoms with Gasteiger partial charge in [0, 0.05) is 25.0 Å². The van der Waals surface area contributed by atoms with Crippen molar-refractivity contribution in [1.82, 2.24) is 9.55 Å². The summed E-state index contributed by atoms with van der Waals surface area (Å²) in [4.78, 5) is 4.10. The summed E-state index contributed by atoms with van der Waals surface area (Å²) < 4.78 is 2.12. The van der Waals surface area contributed by atoms with E-state index in [1.807, 2.05) is 12.5 Å². The summed E-state index contributed by atoms with van der Waals surface area (Å²) in [6, 6.07) is 0. The summed E-state index contributed by atoms with van der Waals surface area (Å²) in [6.45, 7) is 5.98. The molecular weight excluding hydrogens is 150 g/mol. The molecule has 0 fully saturated rings. The zero-order valence-electron chi connectivity index (χ0n) is 7.83. The fourth-order valence-electron chi connectivity index (χ4n) is 1.28. The normalized spacial score (nSPS) is 11.0. The first-order chi connectivity index (χ1) is 5.74. The van der Waals surface area contributed by atoms with E-state index in [1.165, 1.54) is 5.69 Å². The molecule has 1 rings (SSSR count). The van der Waals surface area contributed by atoms with Crippen molar-refractivity contribution >= 4 is 0 Å². The van der Waals surface area contributed by atoms with Gasteiger partial charge >= 0.3 is 0 Å². The standard InChI is InChI=1S/C9H17N3/c1-8(2)5-9-6-11-7-12(9)4-3-10/h6-8H,3-5,10H2,1-2H3. The van der Waals surface area contributed by atoms with E-state index < -0.39 is 0 Å². The van der Waals surface area contributed by atoms with E-state index in [-0.39, 0.29) is 0 Å². The van der Waals surface area contributed by atoms with Crippen molar-refractivity contribution in [3.8, 4) is 0 Å². The summed E-state index contributed by atoms with van der Waals surface area (Å²) in [6.07, 6.45) is 4.86. The number of hydrogen-bond donors (Lipinski definition) is 1. The lowest BCUT2D eigenvalue weighted by atomic mass is 10.1. The van der Waals surface area contributed by atoms with E-state index in [1.54, 1.807) is 0 Å². The van der Waals surface area contributed by atoms with Gasteiger partial charge in [-0.25, -0.2) is 4.98 Å². The molecule has 12 heavy (non-hydrogen) atoms. The molecule has 0 aromatic carbocycles. The van der Waals surface area contributed by atoms with Crippen molar-refractivity contribution in [2.45, 2.75) is 26.8 Å². The molecule has 0 spiro atoms. The monoisotopic (exact) mass is 167 g/mol. The lowest BCUT2D eigenvalue weighted by Gasteiger charge is -2.07. The zero-order valence-corrected chi connectivity index (χ0v) is 7.83. The van der Waals surface area contributed by atoms with Crippen LogP contribution in [0.15, 0.2) is 12.5 Å². The lowest BCUT2D eigenvalue weighted by molar-refractivity contribution is 0.588. The number of nitrogens with two attached hydrogens (primary N) is 1. The van der Waals surface area contributed by atoms with Crippen LogP contribution in [0.2, 0.25) is 0 Å². The van der Waals surface area contributed by atoms with Gasteiger partial charge in [-0.1, -0.05) is 13.8 Å². The maximum atomic E-state index is 5.47. The van der Waals surface area contributed by atoms with Gasteiger partial charge in [-0.3, -0.25) is 0 Å². The minimum Gasteiger partial charge on any atom is -0.333 e. The largest absolute Gasteiger partial charge is 0.333 e. The highest BCUT2D eigenvalue weighted by atomic mass is 15.0. The smallest absolute Gasteiger partial charge is 0.0948 e. The van der Waals surface area contributed by atoms with Crippen LogP contribution in [0.25, 0.3) is 0 Å². The van der Waals surface area contributed by atoms with E-state index in [4.69, 9.17) is 5.73 Å². The zero-order chi connectivity index (χ0) is 8.97. The maximum absolute atomic E-state index is 5.47. The summed E-state index contributed by atoms with van der Waals surface area (Å²) in [5.41, 5.74) is 6.76. The number of rotatable bonds is 4. The van der Waals surface area contributed by atoms with E-state index in [0.29, 0.717) is 12.5 Å². The summed E-state index contributed by atoms with van der Waals surface area (Å²) >= 11 is 0. The molecule has 0 saturated carbocycles. The third-order valence-electron chi connectivity index (χ3n) is 1.79. The quantitative estimate of drug-likeness (QED) is 0.728. The molecule has 3 nitrogen and oxygen atoms in total. The van der Waals surface area contributed by atoms with Crippen LogP contribution in [0.5, 0.6) is 0 Å². The molecular formula is C9H17N3. The first kappa shape index (κ1) is 9.26. The van der Waals surface area contributed by atoms with Crippen molar-refractivity contribution in [2.24, 2.45) is 11.7 Å².